The Hall–Kier alpha value is -2.25. The third-order valence-electron chi connectivity index (χ3n) is 6.02. The van der Waals surface area contributed by atoms with E-state index in [0.717, 1.165) is 24.0 Å². The Kier molecular flexibility index (Phi) is 5.44. The highest BCUT2D eigenvalue weighted by molar-refractivity contribution is 7.91. The second kappa shape index (κ2) is 7.88. The molecule has 2 aromatic rings. The fourth-order valence-electron chi connectivity index (χ4n) is 4.02. The third kappa shape index (κ3) is 4.51. The topological polar surface area (TPSA) is 66.5 Å². The largest absolute Gasteiger partial charge is 0.354 e. The summed E-state index contributed by atoms with van der Waals surface area (Å²) in [6.45, 7) is 1.18. The molecule has 1 aliphatic heterocycles. The Morgan fingerprint density at radius 3 is 2.24 bits per heavy atom. The van der Waals surface area contributed by atoms with Crippen molar-refractivity contribution in [2.24, 2.45) is 0 Å². The van der Waals surface area contributed by atoms with Crippen molar-refractivity contribution in [1.29, 1.82) is 0 Å². The Morgan fingerprint density at radius 2 is 1.66 bits per heavy atom. The van der Waals surface area contributed by atoms with Crippen molar-refractivity contribution in [3.05, 3.63) is 71.5 Å². The van der Waals surface area contributed by atoms with Crippen molar-refractivity contribution in [2.75, 3.05) is 31.1 Å². The molecule has 2 fully saturated rings. The molecule has 0 aromatic heterocycles. The van der Waals surface area contributed by atoms with E-state index in [1.165, 1.54) is 12.1 Å². The number of sulfone groups is 1. The number of carbonyl (C=O) groups is 1. The lowest BCUT2D eigenvalue weighted by molar-refractivity contribution is -0.126. The van der Waals surface area contributed by atoms with E-state index in [1.807, 2.05) is 35.2 Å². The van der Waals surface area contributed by atoms with Gasteiger partial charge in [-0.3, -0.25) is 9.69 Å². The van der Waals surface area contributed by atoms with Gasteiger partial charge in [0.1, 0.15) is 11.9 Å². The molecular formula is C22H25FN2O3S. The van der Waals surface area contributed by atoms with Gasteiger partial charge < -0.3 is 5.32 Å². The Balaban J connectivity index is 1.49. The standard InChI is InChI=1S/C22H25FN2O3S/c23-19-8-6-18(7-9-19)22(10-11-22)16-24-21(26)20(17-4-2-1-3-5-17)25-12-14-29(27,28)15-13-25/h1-9,20H,10-16H2,(H,24,26). The molecule has 5 nitrogen and oxygen atoms in total. The molecule has 1 heterocycles. The smallest absolute Gasteiger partial charge is 0.241 e. The van der Waals surface area contributed by atoms with Crippen molar-refractivity contribution in [1.82, 2.24) is 10.2 Å². The van der Waals surface area contributed by atoms with Crippen LogP contribution in [0.4, 0.5) is 4.39 Å². The predicted molar refractivity (Wildman–Crippen MR) is 110 cm³/mol. The molecule has 154 valence electrons. The first-order chi connectivity index (χ1) is 13.9. The average Bonchev–Trinajstić information content (AvgIpc) is 3.50. The highest BCUT2D eigenvalue weighted by atomic mass is 32.2. The lowest BCUT2D eigenvalue weighted by atomic mass is 9.95. The summed E-state index contributed by atoms with van der Waals surface area (Å²) in [5, 5.41) is 3.09. The molecular weight excluding hydrogens is 391 g/mol. The van der Waals surface area contributed by atoms with Gasteiger partial charge in [0.05, 0.1) is 11.5 Å². The summed E-state index contributed by atoms with van der Waals surface area (Å²) in [5.74, 6) is -0.242. The number of hydrogen-bond acceptors (Lipinski definition) is 4. The highest BCUT2D eigenvalue weighted by Crippen LogP contribution is 2.47. The molecule has 0 bridgehead atoms. The Labute approximate surface area is 170 Å². The van der Waals surface area contributed by atoms with Crippen molar-refractivity contribution in [3.8, 4) is 0 Å². The van der Waals surface area contributed by atoms with Crippen molar-refractivity contribution in [3.63, 3.8) is 0 Å². The molecule has 1 saturated heterocycles. The van der Waals surface area contributed by atoms with Crippen molar-refractivity contribution >= 4 is 15.7 Å². The van der Waals surface area contributed by atoms with Gasteiger partial charge in [-0.05, 0) is 36.1 Å². The number of halogens is 1. The Morgan fingerprint density at radius 1 is 1.03 bits per heavy atom. The number of carbonyl (C=O) groups excluding carboxylic acids is 1. The lowest BCUT2D eigenvalue weighted by Gasteiger charge is -2.34. The number of amides is 1. The second-order valence-electron chi connectivity index (χ2n) is 8.01. The van der Waals surface area contributed by atoms with Crippen LogP contribution in [0, 0.1) is 5.82 Å². The van der Waals surface area contributed by atoms with E-state index < -0.39 is 15.9 Å². The number of nitrogens with one attached hydrogen (secondary N) is 1. The zero-order valence-electron chi connectivity index (χ0n) is 16.2. The molecule has 2 aromatic carbocycles. The third-order valence-corrected chi connectivity index (χ3v) is 7.63. The quantitative estimate of drug-likeness (QED) is 0.786. The lowest BCUT2D eigenvalue weighted by Crippen LogP contribution is -2.48. The number of hydrogen-bond donors (Lipinski definition) is 1. The number of nitrogens with zero attached hydrogens (tertiary/aromatic N) is 1. The summed E-state index contributed by atoms with van der Waals surface area (Å²) in [6.07, 6.45) is 1.91. The van der Waals surface area contributed by atoms with Crippen LogP contribution in [0.2, 0.25) is 0 Å². The van der Waals surface area contributed by atoms with E-state index >= 15 is 0 Å². The average molecular weight is 417 g/mol. The van der Waals surface area contributed by atoms with Crippen LogP contribution < -0.4 is 5.32 Å². The van der Waals surface area contributed by atoms with Gasteiger partial charge >= 0.3 is 0 Å². The zero-order valence-corrected chi connectivity index (χ0v) is 17.0. The van der Waals surface area contributed by atoms with E-state index in [9.17, 15) is 17.6 Å². The van der Waals surface area contributed by atoms with Crippen LogP contribution in [0.15, 0.2) is 54.6 Å². The zero-order chi connectivity index (χ0) is 20.5. The van der Waals surface area contributed by atoms with Gasteiger partial charge in [0, 0.05) is 25.0 Å². The molecule has 1 unspecified atom stereocenters. The maximum atomic E-state index is 13.2. The van der Waals surface area contributed by atoms with Crippen LogP contribution in [0.1, 0.15) is 30.0 Å². The summed E-state index contributed by atoms with van der Waals surface area (Å²) in [7, 11) is -3.03. The summed E-state index contributed by atoms with van der Waals surface area (Å²) >= 11 is 0. The highest BCUT2D eigenvalue weighted by Gasteiger charge is 2.45. The molecule has 0 spiro atoms. The van der Waals surface area contributed by atoms with Crippen LogP contribution in [-0.2, 0) is 20.0 Å². The number of rotatable bonds is 6. The molecule has 1 amide bonds. The molecule has 1 aliphatic carbocycles. The van der Waals surface area contributed by atoms with E-state index in [-0.39, 0.29) is 28.6 Å². The maximum absolute atomic E-state index is 13.2. The molecule has 1 atom stereocenters. The van der Waals surface area contributed by atoms with Crippen LogP contribution in [0.3, 0.4) is 0 Å². The monoisotopic (exact) mass is 416 g/mol. The summed E-state index contributed by atoms with van der Waals surface area (Å²) in [5.41, 5.74) is 1.77. The van der Waals surface area contributed by atoms with Gasteiger partial charge in [-0.2, -0.15) is 0 Å². The molecule has 4 rings (SSSR count). The van der Waals surface area contributed by atoms with Crippen LogP contribution in [0.25, 0.3) is 0 Å². The normalized spacial score (nSPS) is 21.3. The fourth-order valence-corrected chi connectivity index (χ4v) is 5.25. The van der Waals surface area contributed by atoms with Gasteiger partial charge in [-0.25, -0.2) is 12.8 Å². The molecule has 7 heteroatoms. The van der Waals surface area contributed by atoms with Crippen LogP contribution in [-0.4, -0.2) is 50.4 Å². The van der Waals surface area contributed by atoms with Gasteiger partial charge in [-0.15, -0.1) is 0 Å². The summed E-state index contributed by atoms with van der Waals surface area (Å²) < 4.78 is 36.9. The molecule has 1 N–H and O–H groups in total. The van der Waals surface area contributed by atoms with E-state index in [0.29, 0.717) is 19.6 Å². The van der Waals surface area contributed by atoms with Gasteiger partial charge in [0.2, 0.25) is 5.91 Å². The molecule has 29 heavy (non-hydrogen) atoms. The minimum atomic E-state index is -3.03. The fraction of sp³-hybridized carbons (Fsp3) is 0.409. The van der Waals surface area contributed by atoms with Gasteiger partial charge in [0.15, 0.2) is 9.84 Å². The minimum Gasteiger partial charge on any atom is -0.354 e. The molecule has 1 saturated carbocycles. The van der Waals surface area contributed by atoms with Gasteiger partial charge in [0.25, 0.3) is 0 Å². The van der Waals surface area contributed by atoms with Crippen LogP contribution in [0.5, 0.6) is 0 Å². The summed E-state index contributed by atoms with van der Waals surface area (Å²) in [6, 6.07) is 15.4. The first kappa shape index (κ1) is 20.0. The van der Waals surface area contributed by atoms with E-state index in [2.05, 4.69) is 5.32 Å². The molecule has 2 aliphatic rings. The maximum Gasteiger partial charge on any atom is 0.241 e. The van der Waals surface area contributed by atoms with Crippen LogP contribution >= 0.6 is 0 Å². The van der Waals surface area contributed by atoms with E-state index in [4.69, 9.17) is 0 Å². The second-order valence-corrected chi connectivity index (χ2v) is 10.3. The summed E-state index contributed by atoms with van der Waals surface area (Å²) in [4.78, 5) is 15.1. The van der Waals surface area contributed by atoms with Crippen molar-refractivity contribution < 1.29 is 17.6 Å². The van der Waals surface area contributed by atoms with Crippen molar-refractivity contribution in [2.45, 2.75) is 24.3 Å². The first-order valence-corrected chi connectivity index (χ1v) is 11.7. The minimum absolute atomic E-state index is 0.0726. The molecule has 0 radical (unpaired) electrons. The van der Waals surface area contributed by atoms with Gasteiger partial charge in [-0.1, -0.05) is 42.5 Å². The SMILES string of the molecule is O=C(NCC1(c2ccc(F)cc2)CC1)C(c1ccccc1)N1CCS(=O)(=O)CC1. The first-order valence-electron chi connectivity index (χ1n) is 9.92. The number of benzene rings is 2. The van der Waals surface area contributed by atoms with E-state index in [1.54, 1.807) is 12.1 Å². The predicted octanol–water partition coefficient (Wildman–Crippen LogP) is 2.45. The Bertz CT molecular complexity index is 959.